The van der Waals surface area contributed by atoms with E-state index in [4.69, 9.17) is 0 Å². The summed E-state index contributed by atoms with van der Waals surface area (Å²) in [5.74, 6) is 1.87. The predicted octanol–water partition coefficient (Wildman–Crippen LogP) is 3.79. The van der Waals surface area contributed by atoms with E-state index in [1.165, 1.54) is 6.42 Å². The molecule has 26 heavy (non-hydrogen) atoms. The molecule has 1 aliphatic rings. The third kappa shape index (κ3) is 2.89. The van der Waals surface area contributed by atoms with Crippen molar-refractivity contribution in [3.8, 4) is 11.4 Å². The molecule has 1 aliphatic heterocycles. The molecule has 0 N–H and O–H groups in total. The number of anilines is 1. The molecule has 1 saturated heterocycles. The lowest BCUT2D eigenvalue weighted by molar-refractivity contribution is -0.384. The molecular weight excluding hydrogens is 330 g/mol. The summed E-state index contributed by atoms with van der Waals surface area (Å²) >= 11 is 0. The van der Waals surface area contributed by atoms with E-state index in [2.05, 4.69) is 28.7 Å². The van der Waals surface area contributed by atoms with E-state index >= 15 is 0 Å². The van der Waals surface area contributed by atoms with E-state index < -0.39 is 0 Å². The Kier molecular flexibility index (Phi) is 4.06. The fourth-order valence-corrected chi connectivity index (χ4v) is 3.99. The highest BCUT2D eigenvalue weighted by molar-refractivity contribution is 5.78. The first-order valence-corrected chi connectivity index (χ1v) is 8.83. The van der Waals surface area contributed by atoms with Gasteiger partial charge in [-0.05, 0) is 24.3 Å². The number of hydrogen-bond acceptors (Lipinski definition) is 5. The smallest absolute Gasteiger partial charge is 0.271 e. The van der Waals surface area contributed by atoms with Crippen molar-refractivity contribution >= 4 is 16.9 Å². The summed E-state index contributed by atoms with van der Waals surface area (Å²) in [6.45, 7) is 6.25. The first-order chi connectivity index (χ1) is 12.5. The summed E-state index contributed by atoms with van der Waals surface area (Å²) < 4.78 is 1.97. The van der Waals surface area contributed by atoms with Gasteiger partial charge in [-0.3, -0.25) is 19.5 Å². The zero-order chi connectivity index (χ0) is 18.3. The van der Waals surface area contributed by atoms with E-state index in [9.17, 15) is 10.1 Å². The molecule has 0 amide bonds. The fourth-order valence-electron chi connectivity index (χ4n) is 3.99. The number of nitro benzene ring substituents is 1. The minimum Gasteiger partial charge on any atom is -0.370 e. The maximum atomic E-state index is 11.3. The van der Waals surface area contributed by atoms with Gasteiger partial charge in [0.1, 0.15) is 5.82 Å². The van der Waals surface area contributed by atoms with Crippen LogP contribution in [0.1, 0.15) is 20.3 Å². The highest BCUT2D eigenvalue weighted by Crippen LogP contribution is 2.36. The second kappa shape index (κ2) is 6.40. The number of nitrogens with zero attached hydrogens (tertiary/aromatic N) is 5. The van der Waals surface area contributed by atoms with Gasteiger partial charge in [-0.25, -0.2) is 4.98 Å². The van der Waals surface area contributed by atoms with Crippen LogP contribution in [0, 0.1) is 22.0 Å². The van der Waals surface area contributed by atoms with Crippen LogP contribution in [0.2, 0.25) is 0 Å². The number of hydrogen-bond donors (Lipinski definition) is 0. The molecule has 134 valence electrons. The lowest BCUT2D eigenvalue weighted by Crippen LogP contribution is -2.39. The van der Waals surface area contributed by atoms with Gasteiger partial charge in [-0.15, -0.1) is 0 Å². The van der Waals surface area contributed by atoms with Crippen molar-refractivity contribution < 1.29 is 4.92 Å². The Balaban J connectivity index is 1.87. The normalized spacial score (nSPS) is 20.5. The van der Waals surface area contributed by atoms with Gasteiger partial charge in [0.2, 0.25) is 0 Å². The number of imidazole rings is 1. The second-order valence-corrected chi connectivity index (χ2v) is 7.26. The summed E-state index contributed by atoms with van der Waals surface area (Å²) in [7, 11) is 0. The van der Waals surface area contributed by atoms with E-state index in [1.807, 2.05) is 16.7 Å². The van der Waals surface area contributed by atoms with Crippen LogP contribution in [-0.4, -0.2) is 32.4 Å². The van der Waals surface area contributed by atoms with Crippen LogP contribution < -0.4 is 4.90 Å². The summed E-state index contributed by atoms with van der Waals surface area (Å²) in [5.41, 5.74) is 2.79. The molecule has 1 fully saturated rings. The Hall–Kier alpha value is -2.96. The summed E-state index contributed by atoms with van der Waals surface area (Å²) in [5, 5.41) is 11.3. The SMILES string of the molecule is CC1CC(C)CN(c2cc([N+](=O)[O-])ccc2-c2ncc3cnccn23)C1. The van der Waals surface area contributed by atoms with Crippen LogP contribution in [0.4, 0.5) is 11.4 Å². The van der Waals surface area contributed by atoms with Crippen molar-refractivity contribution in [2.75, 3.05) is 18.0 Å². The van der Waals surface area contributed by atoms with E-state index in [1.54, 1.807) is 30.7 Å². The van der Waals surface area contributed by atoms with Gasteiger partial charge in [0.25, 0.3) is 5.69 Å². The van der Waals surface area contributed by atoms with Gasteiger partial charge >= 0.3 is 0 Å². The number of aromatic nitrogens is 3. The van der Waals surface area contributed by atoms with Gasteiger partial charge in [0.15, 0.2) is 0 Å². The van der Waals surface area contributed by atoms with Gasteiger partial charge in [0, 0.05) is 43.2 Å². The topological polar surface area (TPSA) is 76.6 Å². The van der Waals surface area contributed by atoms with Crippen molar-refractivity contribution in [2.45, 2.75) is 20.3 Å². The Morgan fingerprint density at radius 2 is 1.96 bits per heavy atom. The third-order valence-electron chi connectivity index (χ3n) is 4.98. The van der Waals surface area contributed by atoms with Crippen LogP contribution in [0.3, 0.4) is 0 Å². The van der Waals surface area contributed by atoms with E-state index in [0.29, 0.717) is 11.8 Å². The number of piperidine rings is 1. The largest absolute Gasteiger partial charge is 0.370 e. The summed E-state index contributed by atoms with van der Waals surface area (Å²) in [6, 6.07) is 5.05. The van der Waals surface area contributed by atoms with Gasteiger partial charge in [0.05, 0.1) is 28.5 Å². The Bertz CT molecular complexity index is 957. The average molecular weight is 351 g/mol. The zero-order valence-corrected chi connectivity index (χ0v) is 14.9. The Labute approximate surface area is 151 Å². The molecular formula is C19H21N5O2. The minimum absolute atomic E-state index is 0.108. The molecule has 0 aliphatic carbocycles. The highest BCUT2D eigenvalue weighted by Gasteiger charge is 2.26. The van der Waals surface area contributed by atoms with E-state index in [0.717, 1.165) is 35.7 Å². The highest BCUT2D eigenvalue weighted by atomic mass is 16.6. The van der Waals surface area contributed by atoms with Crippen molar-refractivity contribution in [2.24, 2.45) is 11.8 Å². The first kappa shape index (κ1) is 16.5. The van der Waals surface area contributed by atoms with Crippen LogP contribution in [-0.2, 0) is 0 Å². The predicted molar refractivity (Wildman–Crippen MR) is 100 cm³/mol. The Morgan fingerprint density at radius 1 is 1.19 bits per heavy atom. The van der Waals surface area contributed by atoms with Crippen molar-refractivity contribution in [3.05, 3.63) is 53.1 Å². The molecule has 1 aromatic carbocycles. The summed E-state index contributed by atoms with van der Waals surface area (Å²) in [6.07, 6.45) is 8.29. The third-order valence-corrected chi connectivity index (χ3v) is 4.98. The number of nitro groups is 1. The van der Waals surface area contributed by atoms with Crippen LogP contribution in [0.25, 0.3) is 16.9 Å². The molecule has 0 bridgehead atoms. The molecule has 2 unspecified atom stereocenters. The maximum Gasteiger partial charge on any atom is 0.271 e. The lowest BCUT2D eigenvalue weighted by atomic mass is 9.91. The molecule has 0 spiro atoms. The monoisotopic (exact) mass is 351 g/mol. The van der Waals surface area contributed by atoms with Crippen LogP contribution in [0.15, 0.2) is 43.0 Å². The quantitative estimate of drug-likeness (QED) is 0.530. The standard InChI is InChI=1S/C19H21N5O2/c1-13-7-14(2)12-22(11-13)18-8-15(24(25)26)3-4-17(18)19-21-10-16-9-20-5-6-23(16)19/h3-6,8-10,13-14H,7,11-12H2,1-2H3. The number of non-ortho nitro benzene ring substituents is 1. The molecule has 2 aromatic heterocycles. The van der Waals surface area contributed by atoms with Crippen LogP contribution >= 0.6 is 0 Å². The van der Waals surface area contributed by atoms with Crippen molar-refractivity contribution in [1.29, 1.82) is 0 Å². The summed E-state index contributed by atoms with van der Waals surface area (Å²) in [4.78, 5) is 22.0. The second-order valence-electron chi connectivity index (χ2n) is 7.26. The van der Waals surface area contributed by atoms with Crippen LogP contribution in [0.5, 0.6) is 0 Å². The molecule has 4 rings (SSSR count). The maximum absolute atomic E-state index is 11.3. The Morgan fingerprint density at radius 3 is 2.69 bits per heavy atom. The van der Waals surface area contributed by atoms with Crippen molar-refractivity contribution in [3.63, 3.8) is 0 Å². The average Bonchev–Trinajstić information content (AvgIpc) is 3.04. The lowest BCUT2D eigenvalue weighted by Gasteiger charge is -2.37. The van der Waals surface area contributed by atoms with Crippen molar-refractivity contribution in [1.82, 2.24) is 14.4 Å². The molecule has 7 nitrogen and oxygen atoms in total. The molecule has 0 radical (unpaired) electrons. The van der Waals surface area contributed by atoms with Gasteiger partial charge < -0.3 is 4.90 Å². The molecule has 3 heterocycles. The number of fused-ring (bicyclic) bond motifs is 1. The van der Waals surface area contributed by atoms with Gasteiger partial charge in [-0.2, -0.15) is 0 Å². The molecule has 0 saturated carbocycles. The number of benzene rings is 1. The fraction of sp³-hybridized carbons (Fsp3) is 0.368. The van der Waals surface area contributed by atoms with E-state index in [-0.39, 0.29) is 10.6 Å². The molecule has 3 aromatic rings. The minimum atomic E-state index is -0.336. The molecule has 2 atom stereocenters. The van der Waals surface area contributed by atoms with Gasteiger partial charge in [-0.1, -0.05) is 13.8 Å². The molecule has 7 heteroatoms. The number of rotatable bonds is 3. The first-order valence-electron chi connectivity index (χ1n) is 8.83. The zero-order valence-electron chi connectivity index (χ0n) is 14.9.